The van der Waals surface area contributed by atoms with Crippen molar-refractivity contribution in [1.82, 2.24) is 9.97 Å². The number of ether oxygens (including phenoxy) is 1. The van der Waals surface area contributed by atoms with Crippen molar-refractivity contribution in [1.29, 1.82) is 0 Å². The molecule has 2 aromatic rings. The largest absolute Gasteiger partial charge is 0.374 e. The van der Waals surface area contributed by atoms with Crippen LogP contribution in [0.25, 0.3) is 0 Å². The van der Waals surface area contributed by atoms with Gasteiger partial charge in [-0.05, 0) is 26.0 Å². The van der Waals surface area contributed by atoms with E-state index in [1.807, 2.05) is 50.2 Å². The summed E-state index contributed by atoms with van der Waals surface area (Å²) in [5.74, 6) is 2.23. The van der Waals surface area contributed by atoms with E-state index in [9.17, 15) is 0 Å². The van der Waals surface area contributed by atoms with E-state index in [1.165, 1.54) is 0 Å². The van der Waals surface area contributed by atoms with E-state index in [1.54, 1.807) is 0 Å². The van der Waals surface area contributed by atoms with Gasteiger partial charge in [0.1, 0.15) is 18.2 Å². The fourth-order valence-electron chi connectivity index (χ4n) is 1.76. The van der Waals surface area contributed by atoms with E-state index < -0.39 is 0 Å². The number of nitrogens with one attached hydrogen (secondary N) is 2. The van der Waals surface area contributed by atoms with Gasteiger partial charge in [-0.25, -0.2) is 9.97 Å². The summed E-state index contributed by atoms with van der Waals surface area (Å²) in [6.07, 6.45) is 0. The molecule has 0 saturated carbocycles. The monoisotopic (exact) mass is 272 g/mol. The van der Waals surface area contributed by atoms with Crippen LogP contribution in [-0.2, 0) is 11.3 Å². The molecule has 0 fully saturated rings. The van der Waals surface area contributed by atoms with Crippen molar-refractivity contribution in [3.63, 3.8) is 0 Å². The maximum absolute atomic E-state index is 5.38. The molecule has 0 amide bonds. The average molecular weight is 272 g/mol. The van der Waals surface area contributed by atoms with E-state index in [0.29, 0.717) is 19.0 Å². The lowest BCUT2D eigenvalue weighted by Crippen LogP contribution is -2.07. The van der Waals surface area contributed by atoms with Crippen molar-refractivity contribution in [3.05, 3.63) is 42.2 Å². The Labute approximate surface area is 119 Å². The Morgan fingerprint density at radius 2 is 1.80 bits per heavy atom. The molecule has 5 nitrogen and oxygen atoms in total. The number of aromatic nitrogens is 2. The lowest BCUT2D eigenvalue weighted by Gasteiger charge is -2.10. The molecular weight excluding hydrogens is 252 g/mol. The normalized spacial score (nSPS) is 10.3. The van der Waals surface area contributed by atoms with Crippen LogP contribution in [-0.4, -0.2) is 23.1 Å². The first-order valence-corrected chi connectivity index (χ1v) is 6.83. The molecule has 2 N–H and O–H groups in total. The molecule has 0 aliphatic carbocycles. The second-order valence-corrected chi connectivity index (χ2v) is 4.21. The molecule has 0 saturated heterocycles. The maximum atomic E-state index is 5.38. The van der Waals surface area contributed by atoms with Crippen molar-refractivity contribution >= 4 is 17.3 Å². The van der Waals surface area contributed by atoms with Gasteiger partial charge in [-0.15, -0.1) is 0 Å². The number of nitrogens with zero attached hydrogens (tertiary/aromatic N) is 2. The van der Waals surface area contributed by atoms with Crippen molar-refractivity contribution in [2.45, 2.75) is 20.5 Å². The van der Waals surface area contributed by atoms with Crippen LogP contribution in [0.4, 0.5) is 17.3 Å². The molecule has 1 aromatic heterocycles. The van der Waals surface area contributed by atoms with Gasteiger partial charge in [0.15, 0.2) is 5.82 Å². The van der Waals surface area contributed by atoms with Gasteiger partial charge >= 0.3 is 0 Å². The molecule has 0 radical (unpaired) electrons. The first-order valence-electron chi connectivity index (χ1n) is 6.83. The van der Waals surface area contributed by atoms with Gasteiger partial charge in [-0.1, -0.05) is 18.2 Å². The van der Waals surface area contributed by atoms with Gasteiger partial charge < -0.3 is 15.4 Å². The minimum Gasteiger partial charge on any atom is -0.374 e. The van der Waals surface area contributed by atoms with Crippen LogP contribution in [0.3, 0.4) is 0 Å². The van der Waals surface area contributed by atoms with E-state index in [-0.39, 0.29) is 0 Å². The average Bonchev–Trinajstić information content (AvgIpc) is 2.46. The zero-order chi connectivity index (χ0) is 14.2. The van der Waals surface area contributed by atoms with Crippen LogP contribution < -0.4 is 10.6 Å². The summed E-state index contributed by atoms with van der Waals surface area (Å²) in [5.41, 5.74) is 0.996. The van der Waals surface area contributed by atoms with Crippen molar-refractivity contribution in [3.8, 4) is 0 Å². The van der Waals surface area contributed by atoms with Gasteiger partial charge in [-0.3, -0.25) is 0 Å². The smallest absolute Gasteiger partial charge is 0.158 e. The highest BCUT2D eigenvalue weighted by atomic mass is 16.5. The molecular formula is C15H20N4O. The Morgan fingerprint density at radius 3 is 2.50 bits per heavy atom. The van der Waals surface area contributed by atoms with E-state index >= 15 is 0 Å². The van der Waals surface area contributed by atoms with Gasteiger partial charge in [0, 0.05) is 24.9 Å². The van der Waals surface area contributed by atoms with Crippen LogP contribution in [0, 0.1) is 0 Å². The van der Waals surface area contributed by atoms with Crippen molar-refractivity contribution < 1.29 is 4.74 Å². The predicted octanol–water partition coefficient (Wildman–Crippen LogP) is 3.19. The third kappa shape index (κ3) is 4.20. The Kier molecular flexibility index (Phi) is 5.32. The highest BCUT2D eigenvalue weighted by Gasteiger charge is 2.05. The standard InChI is InChI=1S/C15H20N4O/c1-3-16-13-10-14(17-12-8-6-5-7-9-12)19-15(18-13)11-20-4-2/h5-10H,3-4,11H2,1-2H3,(H2,16,17,18,19). The number of para-hydroxylation sites is 1. The molecule has 2 rings (SSSR count). The van der Waals surface area contributed by atoms with Gasteiger partial charge in [0.2, 0.25) is 0 Å². The summed E-state index contributed by atoms with van der Waals surface area (Å²) >= 11 is 0. The highest BCUT2D eigenvalue weighted by molar-refractivity contribution is 5.58. The number of hydrogen-bond donors (Lipinski definition) is 2. The first kappa shape index (κ1) is 14.3. The van der Waals surface area contributed by atoms with Gasteiger partial charge in [0.25, 0.3) is 0 Å². The number of benzene rings is 1. The SMILES string of the molecule is CCNc1cc(Nc2ccccc2)nc(COCC)n1. The zero-order valence-electron chi connectivity index (χ0n) is 11.9. The van der Waals surface area contributed by atoms with E-state index in [0.717, 1.165) is 23.9 Å². The number of rotatable bonds is 7. The molecule has 0 aliphatic rings. The Hall–Kier alpha value is -2.14. The second-order valence-electron chi connectivity index (χ2n) is 4.21. The van der Waals surface area contributed by atoms with Crippen LogP contribution in [0.1, 0.15) is 19.7 Å². The van der Waals surface area contributed by atoms with Crippen LogP contribution >= 0.6 is 0 Å². The minimum absolute atomic E-state index is 0.416. The molecule has 0 bridgehead atoms. The summed E-state index contributed by atoms with van der Waals surface area (Å²) < 4.78 is 5.38. The minimum atomic E-state index is 0.416. The Balaban J connectivity index is 2.19. The highest BCUT2D eigenvalue weighted by Crippen LogP contribution is 2.17. The summed E-state index contributed by atoms with van der Waals surface area (Å²) in [7, 11) is 0. The molecule has 106 valence electrons. The topological polar surface area (TPSA) is 59.1 Å². The first-order chi connectivity index (χ1) is 9.81. The van der Waals surface area contributed by atoms with Crippen LogP contribution in [0.2, 0.25) is 0 Å². The van der Waals surface area contributed by atoms with Gasteiger partial charge in [-0.2, -0.15) is 0 Å². The van der Waals surface area contributed by atoms with Crippen molar-refractivity contribution in [2.24, 2.45) is 0 Å². The fourth-order valence-corrected chi connectivity index (χ4v) is 1.76. The molecule has 20 heavy (non-hydrogen) atoms. The zero-order valence-corrected chi connectivity index (χ0v) is 11.9. The molecule has 0 unspecified atom stereocenters. The van der Waals surface area contributed by atoms with Gasteiger partial charge in [0.05, 0.1) is 0 Å². The van der Waals surface area contributed by atoms with Crippen LogP contribution in [0.15, 0.2) is 36.4 Å². The summed E-state index contributed by atoms with van der Waals surface area (Å²) in [6.45, 7) is 5.87. The Bertz CT molecular complexity index is 531. The number of hydrogen-bond acceptors (Lipinski definition) is 5. The molecule has 0 atom stereocenters. The number of anilines is 3. The lowest BCUT2D eigenvalue weighted by molar-refractivity contribution is 0.128. The summed E-state index contributed by atoms with van der Waals surface area (Å²) in [4.78, 5) is 8.88. The lowest BCUT2D eigenvalue weighted by atomic mass is 10.3. The maximum Gasteiger partial charge on any atom is 0.158 e. The van der Waals surface area contributed by atoms with Crippen molar-refractivity contribution in [2.75, 3.05) is 23.8 Å². The molecule has 0 aliphatic heterocycles. The fraction of sp³-hybridized carbons (Fsp3) is 0.333. The molecule has 5 heteroatoms. The van der Waals surface area contributed by atoms with E-state index in [2.05, 4.69) is 20.6 Å². The molecule has 1 aromatic carbocycles. The molecule has 0 spiro atoms. The Morgan fingerprint density at radius 1 is 1.05 bits per heavy atom. The quantitative estimate of drug-likeness (QED) is 0.810. The third-order valence-corrected chi connectivity index (χ3v) is 2.61. The predicted molar refractivity (Wildman–Crippen MR) is 81.3 cm³/mol. The van der Waals surface area contributed by atoms with Crippen LogP contribution in [0.5, 0.6) is 0 Å². The van der Waals surface area contributed by atoms with E-state index in [4.69, 9.17) is 4.74 Å². The summed E-state index contributed by atoms with van der Waals surface area (Å²) in [5, 5.41) is 6.48. The summed E-state index contributed by atoms with van der Waals surface area (Å²) in [6, 6.07) is 11.8. The third-order valence-electron chi connectivity index (χ3n) is 2.61. The second kappa shape index (κ2) is 7.45. The molecule has 1 heterocycles.